The highest BCUT2D eigenvalue weighted by atomic mass is 32.2. The maximum atomic E-state index is 14.4. The first kappa shape index (κ1) is 87.7. The number of rotatable bonds is 17. The van der Waals surface area contributed by atoms with E-state index in [2.05, 4.69) is 65.7 Å². The SMILES string of the molecule is CCn1cc([C@@]2(O)CCC[C@H](c3nc4c5cc(F)c(OC)cc5nc(N)n4n3)C2)cn1.CCn1cc([C@]2(O)CCC[C@@H](c3nc4c5cc(F)c(OC)cc5nc(N)n4n3)C2)cn1.CCn1cc([C@]2(O)CCC[C@H](c3nc4c5cc(F)c(OC)cc5nc(N)n4n3)C2)cn1.COc1cc2nc(N)n3nc([C@H]4CN(c5cnn(CC(C)(C)O)c5C)CCS4(=O)=O)nc3c2cc1F. The standard InChI is InChI=1S/C22H27FN8O4S.3C21H24FN7O2/c1-12-16(9-25-30(12)11-22(2,3)32)29-5-6-36(33,34)18(10-29)19-27-20-13-7-14(23)17(35-4)8-15(13)26-21(24)31(20)28-19;3*1-3-28-11-13(10-24-28)21(30)6-4-5-12(9-21)18-26-19-14-7-15(22)17(31-2)8-16(14)25-20(23)29(19)27-18/h7-9,18,32H,5-6,10-11H2,1-4H3,(H2,24,26);3*7-8,10-12,30H,3-6,9H2,1-2H3,(H2,23,25)/t18-;2*12-,21+;12-,21-/m1100/s1. The molecule has 12 aromatic heterocycles. The molecule has 129 heavy (non-hydrogen) atoms. The summed E-state index contributed by atoms with van der Waals surface area (Å²) in [6, 6.07) is 11.1. The smallest absolute Gasteiger partial charge is 0.223 e. The van der Waals surface area contributed by atoms with Gasteiger partial charge in [0.1, 0.15) is 5.25 Å². The van der Waals surface area contributed by atoms with Crippen LogP contribution in [0.5, 0.6) is 23.0 Å². The van der Waals surface area contributed by atoms with Crippen LogP contribution in [0.4, 0.5) is 47.0 Å². The van der Waals surface area contributed by atoms with Crippen molar-refractivity contribution in [2.45, 2.75) is 190 Å². The average Bonchev–Trinajstić information content (AvgIpc) is 1.59. The molecule has 44 heteroatoms. The summed E-state index contributed by atoms with van der Waals surface area (Å²) in [5.74, 6) is 0.0480. The molecule has 16 aromatic rings. The van der Waals surface area contributed by atoms with E-state index in [9.17, 15) is 46.4 Å². The van der Waals surface area contributed by atoms with Gasteiger partial charge in [0.2, 0.25) is 23.8 Å². The summed E-state index contributed by atoms with van der Waals surface area (Å²) in [7, 11) is 1.95. The predicted octanol–water partition coefficient (Wildman–Crippen LogP) is 9.57. The van der Waals surface area contributed by atoms with Crippen LogP contribution in [-0.4, -0.2) is 199 Å². The molecule has 0 spiro atoms. The summed E-state index contributed by atoms with van der Waals surface area (Å²) >= 11 is 0. The van der Waals surface area contributed by atoms with Crippen LogP contribution >= 0.6 is 0 Å². The average molecular weight is 1790 g/mol. The van der Waals surface area contributed by atoms with Crippen molar-refractivity contribution in [2.24, 2.45) is 0 Å². The Labute approximate surface area is 734 Å². The number of nitrogens with zero attached hydrogens (tertiary/aromatic N) is 25. The number of nitrogen functional groups attached to an aromatic ring is 4. The second kappa shape index (κ2) is 34.0. The van der Waals surface area contributed by atoms with E-state index in [1.165, 1.54) is 95.0 Å². The predicted molar refractivity (Wildman–Crippen MR) is 468 cm³/mol. The molecule has 0 bridgehead atoms. The van der Waals surface area contributed by atoms with Crippen molar-refractivity contribution in [1.82, 2.24) is 117 Å². The normalized spacial score (nSPS) is 20.8. The quantitative estimate of drug-likeness (QED) is 0.0393. The molecular weight excluding hydrogens is 1700 g/mol. The van der Waals surface area contributed by atoms with Gasteiger partial charge >= 0.3 is 0 Å². The van der Waals surface area contributed by atoms with Gasteiger partial charge in [-0.05, 0) is 143 Å². The molecule has 20 rings (SSSR count). The Morgan fingerprint density at radius 1 is 0.465 bits per heavy atom. The van der Waals surface area contributed by atoms with Crippen LogP contribution in [0, 0.1) is 30.2 Å². The fourth-order valence-electron chi connectivity index (χ4n) is 17.9. The Morgan fingerprint density at radius 2 is 0.775 bits per heavy atom. The fourth-order valence-corrected chi connectivity index (χ4v) is 19.5. The number of methoxy groups -OCH3 is 4. The number of sulfone groups is 1. The first-order valence-corrected chi connectivity index (χ1v) is 44.1. The minimum Gasteiger partial charge on any atom is -0.494 e. The molecule has 3 aliphatic carbocycles. The number of halogens is 4. The number of aromatic nitrogens is 24. The zero-order chi connectivity index (χ0) is 91.2. The molecule has 3 saturated carbocycles. The first-order valence-electron chi connectivity index (χ1n) is 42.4. The minimum atomic E-state index is -3.59. The van der Waals surface area contributed by atoms with Gasteiger partial charge in [0.15, 0.2) is 102 Å². The number of fused-ring (bicyclic) bond motifs is 12. The number of aliphatic hydroxyl groups is 4. The van der Waals surface area contributed by atoms with Crippen molar-refractivity contribution in [1.29, 1.82) is 0 Å². The Bertz CT molecular complexity index is 6630. The zero-order valence-electron chi connectivity index (χ0n) is 72.6. The minimum absolute atomic E-state index is 0.00416. The van der Waals surface area contributed by atoms with Crippen molar-refractivity contribution in [3.05, 3.63) is 161 Å². The molecule has 4 fully saturated rings. The highest BCUT2D eigenvalue weighted by Crippen LogP contribution is 2.48. The Hall–Kier alpha value is -13.3. The summed E-state index contributed by atoms with van der Waals surface area (Å²) in [5.41, 5.74) is 27.8. The molecule has 0 amide bonds. The second-order valence-corrected chi connectivity index (χ2v) is 36.1. The van der Waals surface area contributed by atoms with Gasteiger partial charge in [0.05, 0.1) is 121 Å². The number of hydrogen-bond donors (Lipinski definition) is 8. The van der Waals surface area contributed by atoms with E-state index >= 15 is 0 Å². The third-order valence-corrected chi connectivity index (χ3v) is 26.8. The second-order valence-electron chi connectivity index (χ2n) is 33.8. The Morgan fingerprint density at radius 3 is 1.07 bits per heavy atom. The lowest BCUT2D eigenvalue weighted by Crippen LogP contribution is -2.43. The van der Waals surface area contributed by atoms with Crippen molar-refractivity contribution in [3.8, 4) is 23.0 Å². The summed E-state index contributed by atoms with van der Waals surface area (Å²) in [6.45, 7) is 14.2. The molecule has 4 aliphatic rings. The van der Waals surface area contributed by atoms with E-state index in [0.717, 1.165) is 86.2 Å². The largest absolute Gasteiger partial charge is 0.494 e. The molecule has 1 aliphatic heterocycles. The van der Waals surface area contributed by atoms with Crippen molar-refractivity contribution in [3.63, 3.8) is 0 Å². The number of nitrogens with two attached hydrogens (primary N) is 4. The Balaban J connectivity index is 0.000000121. The van der Waals surface area contributed by atoms with E-state index in [1.807, 2.05) is 51.2 Å². The molecule has 678 valence electrons. The van der Waals surface area contributed by atoms with E-state index in [-0.39, 0.29) is 94.9 Å². The summed E-state index contributed by atoms with van der Waals surface area (Å²) in [6.07, 6.45) is 21.0. The Kier molecular flexibility index (Phi) is 23.1. The fraction of sp³-hybridized carbons (Fsp3) is 0.435. The number of benzene rings is 4. The molecule has 0 radical (unpaired) electrons. The molecule has 7 atom stereocenters. The van der Waals surface area contributed by atoms with Gasteiger partial charge in [0.25, 0.3) is 0 Å². The van der Waals surface area contributed by atoms with Crippen LogP contribution in [0.15, 0.2) is 91.9 Å². The molecule has 39 nitrogen and oxygen atoms in total. The van der Waals surface area contributed by atoms with E-state index in [1.54, 1.807) is 57.4 Å². The van der Waals surface area contributed by atoms with Gasteiger partial charge < -0.3 is 67.2 Å². The van der Waals surface area contributed by atoms with Gasteiger partial charge in [-0.3, -0.25) is 18.7 Å². The molecule has 0 unspecified atom stereocenters. The number of anilines is 5. The maximum absolute atomic E-state index is 14.4. The van der Waals surface area contributed by atoms with E-state index in [0.29, 0.717) is 123 Å². The van der Waals surface area contributed by atoms with Gasteiger partial charge in [-0.1, -0.05) is 0 Å². The van der Waals surface area contributed by atoms with Crippen LogP contribution in [0.2, 0.25) is 0 Å². The third kappa shape index (κ3) is 16.7. The van der Waals surface area contributed by atoms with Gasteiger partial charge in [-0.2, -0.15) is 38.5 Å². The van der Waals surface area contributed by atoms with Crippen molar-refractivity contribution in [2.75, 3.05) is 75.1 Å². The van der Waals surface area contributed by atoms with Crippen LogP contribution in [0.3, 0.4) is 0 Å². The highest BCUT2D eigenvalue weighted by Gasteiger charge is 2.44. The number of ether oxygens (including phenoxy) is 4. The summed E-state index contributed by atoms with van der Waals surface area (Å²) < 4.78 is 117. The molecule has 12 N–H and O–H groups in total. The molecule has 13 heterocycles. The lowest BCUT2D eigenvalue weighted by Gasteiger charge is -2.35. The van der Waals surface area contributed by atoms with Crippen LogP contribution in [0.25, 0.3) is 66.2 Å². The van der Waals surface area contributed by atoms with E-state index in [4.69, 9.17) is 56.8 Å². The lowest BCUT2D eigenvalue weighted by molar-refractivity contribution is -0.00981. The van der Waals surface area contributed by atoms with E-state index < -0.39 is 60.8 Å². The number of hydrogen-bond acceptors (Lipinski definition) is 31. The topological polar surface area (TPSA) is 503 Å². The molecular formula is C85H99F4N29O10S. The van der Waals surface area contributed by atoms with Crippen LogP contribution < -0.4 is 46.8 Å². The van der Waals surface area contributed by atoms with Crippen molar-refractivity contribution >= 4 is 106 Å². The first-order chi connectivity index (χ1) is 61.6. The lowest BCUT2D eigenvalue weighted by atomic mass is 9.75. The van der Waals surface area contributed by atoms with Gasteiger partial charge in [0, 0.05) is 132 Å². The monoisotopic (exact) mass is 1790 g/mol. The van der Waals surface area contributed by atoms with Crippen LogP contribution in [-0.2, 0) is 52.8 Å². The highest BCUT2D eigenvalue weighted by molar-refractivity contribution is 7.91. The van der Waals surface area contributed by atoms with Gasteiger partial charge in [-0.25, -0.2) is 65.9 Å². The summed E-state index contributed by atoms with van der Waals surface area (Å²) in [4.78, 5) is 37.7. The van der Waals surface area contributed by atoms with Crippen LogP contribution in [0.1, 0.15) is 180 Å². The summed E-state index contributed by atoms with van der Waals surface area (Å²) in [5, 5.41) is 80.4. The van der Waals surface area contributed by atoms with Crippen molar-refractivity contribution < 1.29 is 65.4 Å². The maximum Gasteiger partial charge on any atom is 0.223 e. The molecule has 4 aromatic carbocycles. The third-order valence-electron chi connectivity index (χ3n) is 24.8. The zero-order valence-corrected chi connectivity index (χ0v) is 73.4. The molecule has 1 saturated heterocycles. The number of aryl methyl sites for hydroxylation is 3. The van der Waals surface area contributed by atoms with Gasteiger partial charge in [-0.15, -0.1) is 20.4 Å².